The van der Waals surface area contributed by atoms with Crippen molar-refractivity contribution in [2.24, 2.45) is 0 Å². The van der Waals surface area contributed by atoms with Crippen LogP contribution in [-0.2, 0) is 26.7 Å². The summed E-state index contributed by atoms with van der Waals surface area (Å²) in [7, 11) is -4.46. The van der Waals surface area contributed by atoms with Gasteiger partial charge in [-0.05, 0) is 36.8 Å². The molecule has 0 atom stereocenters. The predicted octanol–water partition coefficient (Wildman–Crippen LogP) is 4.23. The van der Waals surface area contributed by atoms with Crippen molar-refractivity contribution in [3.63, 3.8) is 0 Å². The standard InChI is InChI=1S/C21H34NO5P/c1-2-3-4-5-6-7-10-18-11-8-12-19(15-18)13-9-14-21(23)22-16-20(17-22)27-28(24,25)26/h8,11-12,15,20H,2-7,9-10,13-14,16-17H2,1H3,(H2,24,25,26). The Morgan fingerprint density at radius 2 is 1.68 bits per heavy atom. The van der Waals surface area contributed by atoms with Gasteiger partial charge in [-0.25, -0.2) is 4.57 Å². The van der Waals surface area contributed by atoms with Gasteiger partial charge in [-0.2, -0.15) is 0 Å². The summed E-state index contributed by atoms with van der Waals surface area (Å²) in [5.74, 6) is 0.0220. The number of phosphoric ester groups is 1. The van der Waals surface area contributed by atoms with Gasteiger partial charge in [0.05, 0.1) is 0 Å². The van der Waals surface area contributed by atoms with E-state index in [-0.39, 0.29) is 19.0 Å². The largest absolute Gasteiger partial charge is 0.469 e. The molecule has 0 spiro atoms. The van der Waals surface area contributed by atoms with Crippen LogP contribution in [-0.4, -0.2) is 39.8 Å². The molecule has 1 fully saturated rings. The first-order chi connectivity index (χ1) is 13.4. The number of amides is 1. The molecule has 0 aliphatic carbocycles. The SMILES string of the molecule is CCCCCCCCc1cccc(CCCC(=O)N2CC(OP(=O)(O)O)C2)c1. The van der Waals surface area contributed by atoms with E-state index < -0.39 is 13.9 Å². The molecular formula is C21H34NO5P. The highest BCUT2D eigenvalue weighted by Crippen LogP contribution is 2.39. The molecule has 2 N–H and O–H groups in total. The van der Waals surface area contributed by atoms with Crippen molar-refractivity contribution < 1.29 is 23.7 Å². The number of nitrogens with zero attached hydrogens (tertiary/aromatic N) is 1. The van der Waals surface area contributed by atoms with Crippen molar-refractivity contribution in [3.05, 3.63) is 35.4 Å². The van der Waals surface area contributed by atoms with Gasteiger partial charge in [-0.1, -0.05) is 63.3 Å². The normalized spacial score (nSPS) is 14.9. The number of phosphoric acid groups is 1. The molecule has 1 heterocycles. The van der Waals surface area contributed by atoms with Crippen LogP contribution >= 0.6 is 7.82 Å². The van der Waals surface area contributed by atoms with Crippen LogP contribution in [0.4, 0.5) is 0 Å². The molecule has 158 valence electrons. The number of rotatable bonds is 13. The molecule has 1 aromatic rings. The summed E-state index contributed by atoms with van der Waals surface area (Å²) in [6.45, 7) is 2.76. The van der Waals surface area contributed by atoms with Crippen molar-refractivity contribution >= 4 is 13.7 Å². The number of benzene rings is 1. The fourth-order valence-electron chi connectivity index (χ4n) is 3.55. The number of aryl methyl sites for hydroxylation is 2. The Balaban J connectivity index is 1.61. The zero-order valence-electron chi connectivity index (χ0n) is 16.9. The smallest absolute Gasteiger partial charge is 0.337 e. The van der Waals surface area contributed by atoms with Crippen molar-refractivity contribution in [1.82, 2.24) is 4.90 Å². The minimum Gasteiger partial charge on any atom is -0.337 e. The third kappa shape index (κ3) is 8.87. The van der Waals surface area contributed by atoms with Crippen LogP contribution in [0.3, 0.4) is 0 Å². The van der Waals surface area contributed by atoms with Crippen LogP contribution in [0.2, 0.25) is 0 Å². The van der Waals surface area contributed by atoms with Crippen LogP contribution < -0.4 is 0 Å². The molecular weight excluding hydrogens is 377 g/mol. The van der Waals surface area contributed by atoms with Gasteiger partial charge in [0.15, 0.2) is 0 Å². The number of carbonyl (C=O) groups is 1. The van der Waals surface area contributed by atoms with E-state index in [0.717, 1.165) is 19.3 Å². The lowest BCUT2D eigenvalue weighted by molar-refractivity contribution is -0.140. The van der Waals surface area contributed by atoms with Gasteiger partial charge >= 0.3 is 7.82 Å². The van der Waals surface area contributed by atoms with E-state index >= 15 is 0 Å². The summed E-state index contributed by atoms with van der Waals surface area (Å²) in [6, 6.07) is 8.65. The van der Waals surface area contributed by atoms with Crippen molar-refractivity contribution in [2.75, 3.05) is 13.1 Å². The van der Waals surface area contributed by atoms with Crippen LogP contribution in [0.1, 0.15) is 69.4 Å². The molecule has 1 saturated heterocycles. The summed E-state index contributed by atoms with van der Waals surface area (Å²) in [5.41, 5.74) is 2.64. The maximum absolute atomic E-state index is 12.1. The zero-order valence-corrected chi connectivity index (χ0v) is 17.8. The van der Waals surface area contributed by atoms with Gasteiger partial charge in [0.1, 0.15) is 6.10 Å². The molecule has 28 heavy (non-hydrogen) atoms. The lowest BCUT2D eigenvalue weighted by Gasteiger charge is -2.38. The number of unbranched alkanes of at least 4 members (excludes halogenated alkanes) is 5. The highest BCUT2D eigenvalue weighted by atomic mass is 31.2. The Bertz CT molecular complexity index is 654. The minimum atomic E-state index is -4.46. The average molecular weight is 411 g/mol. The lowest BCUT2D eigenvalue weighted by atomic mass is 10.0. The number of hydrogen-bond donors (Lipinski definition) is 2. The second kappa shape index (κ2) is 11.7. The molecule has 7 heteroatoms. The molecule has 1 aliphatic rings. The molecule has 0 aromatic heterocycles. The Morgan fingerprint density at radius 1 is 1.07 bits per heavy atom. The monoisotopic (exact) mass is 411 g/mol. The fourth-order valence-corrected chi connectivity index (χ4v) is 4.08. The summed E-state index contributed by atoms with van der Waals surface area (Å²) in [4.78, 5) is 31.2. The Morgan fingerprint density at radius 3 is 2.32 bits per heavy atom. The molecule has 1 amide bonds. The highest BCUT2D eigenvalue weighted by Gasteiger charge is 2.35. The Labute approximate surface area is 168 Å². The molecule has 6 nitrogen and oxygen atoms in total. The van der Waals surface area contributed by atoms with Crippen LogP contribution in [0.5, 0.6) is 0 Å². The first-order valence-corrected chi connectivity index (χ1v) is 12.0. The molecule has 0 radical (unpaired) electrons. The first kappa shape index (κ1) is 23.1. The highest BCUT2D eigenvalue weighted by molar-refractivity contribution is 7.46. The fraction of sp³-hybridized carbons (Fsp3) is 0.667. The van der Waals surface area contributed by atoms with E-state index in [1.165, 1.54) is 49.7 Å². The molecule has 0 unspecified atom stereocenters. The molecule has 2 rings (SSSR count). The van der Waals surface area contributed by atoms with E-state index in [9.17, 15) is 9.36 Å². The number of hydrogen-bond acceptors (Lipinski definition) is 3. The maximum atomic E-state index is 12.1. The Kier molecular flexibility index (Phi) is 9.66. The molecule has 0 bridgehead atoms. The first-order valence-electron chi connectivity index (χ1n) is 10.5. The van der Waals surface area contributed by atoms with E-state index in [1.807, 2.05) is 0 Å². The van der Waals surface area contributed by atoms with Gasteiger partial charge < -0.3 is 14.7 Å². The van der Waals surface area contributed by atoms with Gasteiger partial charge in [0.25, 0.3) is 0 Å². The second-order valence-electron chi connectivity index (χ2n) is 7.71. The summed E-state index contributed by atoms with van der Waals surface area (Å²) in [6.07, 6.45) is 10.5. The second-order valence-corrected chi connectivity index (χ2v) is 8.90. The van der Waals surface area contributed by atoms with E-state index in [2.05, 4.69) is 35.7 Å². The lowest BCUT2D eigenvalue weighted by Crippen LogP contribution is -2.54. The topological polar surface area (TPSA) is 87.1 Å². The maximum Gasteiger partial charge on any atom is 0.469 e. The quantitative estimate of drug-likeness (QED) is 0.375. The number of carbonyl (C=O) groups excluding carboxylic acids is 1. The van der Waals surface area contributed by atoms with Crippen LogP contribution in [0.25, 0.3) is 0 Å². The molecule has 0 saturated carbocycles. The summed E-state index contributed by atoms with van der Waals surface area (Å²) >= 11 is 0. The third-order valence-electron chi connectivity index (χ3n) is 5.15. The molecule has 1 aromatic carbocycles. The van der Waals surface area contributed by atoms with Gasteiger partial charge in [-0.3, -0.25) is 9.32 Å². The van der Waals surface area contributed by atoms with Crippen molar-refractivity contribution in [3.8, 4) is 0 Å². The van der Waals surface area contributed by atoms with Crippen molar-refractivity contribution in [1.29, 1.82) is 0 Å². The predicted molar refractivity (Wildman–Crippen MR) is 110 cm³/mol. The summed E-state index contributed by atoms with van der Waals surface area (Å²) in [5, 5.41) is 0. The van der Waals surface area contributed by atoms with Crippen LogP contribution in [0, 0.1) is 0 Å². The van der Waals surface area contributed by atoms with E-state index in [4.69, 9.17) is 9.79 Å². The van der Waals surface area contributed by atoms with E-state index in [1.54, 1.807) is 4.90 Å². The van der Waals surface area contributed by atoms with E-state index in [0.29, 0.717) is 6.42 Å². The number of likely N-dealkylation sites (tertiary alicyclic amines) is 1. The Hall–Kier alpha value is -1.20. The van der Waals surface area contributed by atoms with Gasteiger partial charge in [0.2, 0.25) is 5.91 Å². The van der Waals surface area contributed by atoms with Gasteiger partial charge in [-0.15, -0.1) is 0 Å². The minimum absolute atomic E-state index is 0.0220. The average Bonchev–Trinajstić information content (AvgIpc) is 2.60. The zero-order chi connectivity index (χ0) is 20.4. The molecule has 1 aliphatic heterocycles. The summed E-state index contributed by atoms with van der Waals surface area (Å²) < 4.78 is 15.3. The third-order valence-corrected chi connectivity index (χ3v) is 5.73. The van der Waals surface area contributed by atoms with Crippen LogP contribution in [0.15, 0.2) is 24.3 Å². The van der Waals surface area contributed by atoms with Crippen molar-refractivity contribution in [2.45, 2.75) is 77.2 Å². The van der Waals surface area contributed by atoms with Gasteiger partial charge in [0, 0.05) is 19.5 Å².